The second-order valence-electron chi connectivity index (χ2n) is 5.59. The third kappa shape index (κ3) is 6.37. The van der Waals surface area contributed by atoms with Crippen molar-refractivity contribution in [1.82, 2.24) is 10.6 Å². The number of benzene rings is 2. The van der Waals surface area contributed by atoms with Gasteiger partial charge in [0.05, 0.1) is 7.11 Å². The second-order valence-corrected chi connectivity index (χ2v) is 6.94. The molecule has 0 aliphatic heterocycles. The minimum absolute atomic E-state index is 0.0172. The van der Waals surface area contributed by atoms with Crippen LogP contribution in [0.5, 0.6) is 0 Å². The average Bonchev–Trinajstić information content (AvgIpc) is 2.66. The van der Waals surface area contributed by atoms with E-state index in [0.717, 1.165) is 4.47 Å². The van der Waals surface area contributed by atoms with Gasteiger partial charge in [0.2, 0.25) is 5.91 Å². The van der Waals surface area contributed by atoms with E-state index < -0.39 is 12.0 Å². The maximum absolute atomic E-state index is 12.2. The van der Waals surface area contributed by atoms with Crippen LogP contribution in [0.2, 0.25) is 5.02 Å². The molecule has 0 fully saturated rings. The van der Waals surface area contributed by atoms with Gasteiger partial charge in [0.1, 0.15) is 0 Å². The Morgan fingerprint density at radius 2 is 1.70 bits per heavy atom. The van der Waals surface area contributed by atoms with Crippen LogP contribution in [-0.2, 0) is 14.3 Å². The zero-order valence-electron chi connectivity index (χ0n) is 14.5. The van der Waals surface area contributed by atoms with E-state index in [1.165, 1.54) is 7.11 Å². The average molecular weight is 454 g/mol. The molecule has 0 spiro atoms. The van der Waals surface area contributed by atoms with E-state index in [0.29, 0.717) is 16.1 Å². The molecule has 27 heavy (non-hydrogen) atoms. The van der Waals surface area contributed by atoms with Crippen molar-refractivity contribution in [3.8, 4) is 0 Å². The lowest BCUT2D eigenvalue weighted by atomic mass is 10.1. The molecule has 0 aliphatic rings. The summed E-state index contributed by atoms with van der Waals surface area (Å²) in [4.78, 5) is 36.2. The number of nitrogens with one attached hydrogen (secondary N) is 2. The quantitative estimate of drug-likeness (QED) is 0.630. The fourth-order valence-corrected chi connectivity index (χ4v) is 2.67. The fourth-order valence-electron chi connectivity index (χ4n) is 2.28. The first kappa shape index (κ1) is 20.9. The number of hydrogen-bond donors (Lipinski definition) is 2. The van der Waals surface area contributed by atoms with E-state index in [4.69, 9.17) is 16.3 Å². The molecule has 0 radical (unpaired) electrons. The van der Waals surface area contributed by atoms with Gasteiger partial charge < -0.3 is 15.4 Å². The molecule has 2 amide bonds. The van der Waals surface area contributed by atoms with Gasteiger partial charge >= 0.3 is 5.97 Å². The van der Waals surface area contributed by atoms with E-state index in [9.17, 15) is 14.4 Å². The van der Waals surface area contributed by atoms with Gasteiger partial charge in [-0.25, -0.2) is 4.79 Å². The summed E-state index contributed by atoms with van der Waals surface area (Å²) in [5.74, 6) is -1.27. The molecule has 8 heteroatoms. The first-order chi connectivity index (χ1) is 12.9. The molecular formula is C19H18BrClN2O4. The summed E-state index contributed by atoms with van der Waals surface area (Å²) in [5, 5.41) is 5.81. The topological polar surface area (TPSA) is 84.5 Å². The van der Waals surface area contributed by atoms with Crippen molar-refractivity contribution >= 4 is 45.3 Å². The predicted molar refractivity (Wildman–Crippen MR) is 105 cm³/mol. The smallest absolute Gasteiger partial charge is 0.333 e. The summed E-state index contributed by atoms with van der Waals surface area (Å²) in [6.45, 7) is 0.127. The molecule has 0 saturated heterocycles. The van der Waals surface area contributed by atoms with E-state index in [2.05, 4.69) is 26.6 Å². The highest BCUT2D eigenvalue weighted by molar-refractivity contribution is 9.10. The summed E-state index contributed by atoms with van der Waals surface area (Å²) in [7, 11) is 1.26. The lowest BCUT2D eigenvalue weighted by Crippen LogP contribution is -2.36. The first-order valence-corrected chi connectivity index (χ1v) is 9.24. The molecule has 2 N–H and O–H groups in total. The molecule has 0 saturated carbocycles. The monoisotopic (exact) mass is 452 g/mol. The second kappa shape index (κ2) is 10.1. The van der Waals surface area contributed by atoms with Crippen LogP contribution in [0.1, 0.15) is 28.4 Å². The molecule has 0 heterocycles. The van der Waals surface area contributed by atoms with E-state index in [1.54, 1.807) is 48.5 Å². The van der Waals surface area contributed by atoms with Gasteiger partial charge in [-0.2, -0.15) is 0 Å². The van der Waals surface area contributed by atoms with Crippen LogP contribution in [0.25, 0.3) is 0 Å². The van der Waals surface area contributed by atoms with Crippen LogP contribution >= 0.6 is 27.5 Å². The highest BCUT2D eigenvalue weighted by atomic mass is 79.9. The van der Waals surface area contributed by atoms with E-state index in [-0.39, 0.29) is 24.8 Å². The number of ether oxygens (including phenoxy) is 1. The largest absolute Gasteiger partial charge is 0.467 e. The predicted octanol–water partition coefficient (Wildman–Crippen LogP) is 3.25. The van der Waals surface area contributed by atoms with Crippen LogP contribution in [-0.4, -0.2) is 31.4 Å². The normalized spacial score (nSPS) is 11.4. The highest BCUT2D eigenvalue weighted by Crippen LogP contribution is 2.18. The van der Waals surface area contributed by atoms with Crippen molar-refractivity contribution in [1.29, 1.82) is 0 Å². The molecule has 2 aromatic carbocycles. The van der Waals surface area contributed by atoms with Crippen molar-refractivity contribution in [2.75, 3.05) is 13.7 Å². The molecule has 2 aromatic rings. The van der Waals surface area contributed by atoms with Gasteiger partial charge in [-0.05, 0) is 42.0 Å². The van der Waals surface area contributed by atoms with Gasteiger partial charge in [-0.3, -0.25) is 9.59 Å². The minimum atomic E-state index is -0.914. The molecule has 0 aliphatic carbocycles. The number of halogens is 2. The van der Waals surface area contributed by atoms with Crippen molar-refractivity contribution in [2.24, 2.45) is 0 Å². The molecule has 0 aromatic heterocycles. The summed E-state index contributed by atoms with van der Waals surface area (Å²) in [5.41, 5.74) is 1.05. The van der Waals surface area contributed by atoms with E-state index >= 15 is 0 Å². The summed E-state index contributed by atoms with van der Waals surface area (Å²) in [6, 6.07) is 12.5. The standard InChI is InChI=1S/C19H18BrClN2O4/c1-27-19(26)17(12-2-6-14(20)7-3-12)23-16(24)10-11-22-18(25)13-4-8-15(21)9-5-13/h2-9,17H,10-11H2,1H3,(H,22,25)(H,23,24). The number of rotatable bonds is 7. The first-order valence-electron chi connectivity index (χ1n) is 8.07. The Labute approximate surface area is 170 Å². The van der Waals surface area contributed by atoms with Gasteiger partial charge in [0, 0.05) is 28.0 Å². The zero-order valence-corrected chi connectivity index (χ0v) is 16.8. The van der Waals surface area contributed by atoms with Crippen molar-refractivity contribution in [3.63, 3.8) is 0 Å². The Morgan fingerprint density at radius 1 is 1.07 bits per heavy atom. The Hall–Kier alpha value is -2.38. The van der Waals surface area contributed by atoms with E-state index in [1.807, 2.05) is 0 Å². The number of methoxy groups -OCH3 is 1. The Kier molecular flexibility index (Phi) is 7.82. The van der Waals surface area contributed by atoms with Crippen LogP contribution in [0.15, 0.2) is 53.0 Å². The Bertz CT molecular complexity index is 809. The molecule has 6 nitrogen and oxygen atoms in total. The molecule has 142 valence electrons. The van der Waals surface area contributed by atoms with Crippen LogP contribution < -0.4 is 10.6 Å². The van der Waals surface area contributed by atoms with Crippen LogP contribution in [0, 0.1) is 0 Å². The van der Waals surface area contributed by atoms with Crippen molar-refractivity contribution in [3.05, 3.63) is 69.2 Å². The number of esters is 1. The van der Waals surface area contributed by atoms with Crippen molar-refractivity contribution < 1.29 is 19.1 Å². The van der Waals surface area contributed by atoms with Gasteiger partial charge in [-0.15, -0.1) is 0 Å². The maximum atomic E-state index is 12.2. The summed E-state index contributed by atoms with van der Waals surface area (Å²) in [6.07, 6.45) is 0.0172. The molecule has 1 atom stereocenters. The molecule has 2 rings (SSSR count). The molecule has 0 bridgehead atoms. The molecule has 1 unspecified atom stereocenters. The highest BCUT2D eigenvalue weighted by Gasteiger charge is 2.23. The van der Waals surface area contributed by atoms with Gasteiger partial charge in [0.25, 0.3) is 5.91 Å². The SMILES string of the molecule is COC(=O)C(NC(=O)CCNC(=O)c1ccc(Cl)cc1)c1ccc(Br)cc1. The maximum Gasteiger partial charge on any atom is 0.333 e. The third-order valence-corrected chi connectivity index (χ3v) is 4.47. The lowest BCUT2D eigenvalue weighted by Gasteiger charge is -2.17. The van der Waals surface area contributed by atoms with Crippen LogP contribution in [0.4, 0.5) is 0 Å². The van der Waals surface area contributed by atoms with Crippen LogP contribution in [0.3, 0.4) is 0 Å². The van der Waals surface area contributed by atoms with Gasteiger partial charge in [0.15, 0.2) is 6.04 Å². The van der Waals surface area contributed by atoms with Crippen molar-refractivity contribution in [2.45, 2.75) is 12.5 Å². The summed E-state index contributed by atoms with van der Waals surface area (Å²) < 4.78 is 5.62. The minimum Gasteiger partial charge on any atom is -0.467 e. The molecular weight excluding hydrogens is 436 g/mol. The summed E-state index contributed by atoms with van der Waals surface area (Å²) >= 11 is 9.10. The third-order valence-electron chi connectivity index (χ3n) is 3.69. The van der Waals surface area contributed by atoms with Gasteiger partial charge in [-0.1, -0.05) is 39.7 Å². The number of carbonyl (C=O) groups excluding carboxylic acids is 3. The Balaban J connectivity index is 1.89. The Morgan fingerprint density at radius 3 is 2.30 bits per heavy atom. The number of amides is 2. The lowest BCUT2D eigenvalue weighted by molar-refractivity contribution is -0.145. The fraction of sp³-hybridized carbons (Fsp3) is 0.211. The zero-order chi connectivity index (χ0) is 19.8. The number of carbonyl (C=O) groups is 3. The number of hydrogen-bond acceptors (Lipinski definition) is 4.